The first-order valence-corrected chi connectivity index (χ1v) is 8.73. The first-order valence-electron chi connectivity index (χ1n) is 7.97. The maximum Gasteiger partial charge on any atom is 0.138 e. The summed E-state index contributed by atoms with van der Waals surface area (Å²) in [5.41, 5.74) is 0. The van der Waals surface area contributed by atoms with Crippen LogP contribution in [0.1, 0.15) is 6.42 Å². The predicted molar refractivity (Wildman–Crippen MR) is 91.2 cm³/mol. The number of rotatable bonds is 5. The second kappa shape index (κ2) is 7.84. The van der Waals surface area contributed by atoms with Crippen molar-refractivity contribution in [2.24, 2.45) is 0 Å². The SMILES string of the molecule is Clc1ccc(OCCN2CCN(C3CCNC3)CC2)c(Cl)c1. The smallest absolute Gasteiger partial charge is 0.138 e. The molecule has 0 spiro atoms. The summed E-state index contributed by atoms with van der Waals surface area (Å²) in [7, 11) is 0. The summed E-state index contributed by atoms with van der Waals surface area (Å²) in [6, 6.07) is 6.09. The van der Waals surface area contributed by atoms with Gasteiger partial charge in [0.25, 0.3) is 0 Å². The third kappa shape index (κ3) is 4.27. The van der Waals surface area contributed by atoms with E-state index in [0.717, 1.165) is 45.3 Å². The van der Waals surface area contributed by atoms with E-state index in [-0.39, 0.29) is 0 Å². The van der Waals surface area contributed by atoms with Gasteiger partial charge in [-0.25, -0.2) is 0 Å². The lowest BCUT2D eigenvalue weighted by atomic mass is 10.2. The zero-order chi connectivity index (χ0) is 15.4. The zero-order valence-corrected chi connectivity index (χ0v) is 14.2. The highest BCUT2D eigenvalue weighted by Crippen LogP contribution is 2.27. The quantitative estimate of drug-likeness (QED) is 0.888. The highest BCUT2D eigenvalue weighted by molar-refractivity contribution is 6.35. The Bertz CT molecular complexity index is 486. The number of ether oxygens (including phenoxy) is 1. The van der Waals surface area contributed by atoms with Crippen molar-refractivity contribution in [3.8, 4) is 5.75 Å². The van der Waals surface area contributed by atoms with Crippen LogP contribution in [0.15, 0.2) is 18.2 Å². The fourth-order valence-electron chi connectivity index (χ4n) is 3.18. The summed E-state index contributed by atoms with van der Waals surface area (Å²) in [5, 5.41) is 4.65. The lowest BCUT2D eigenvalue weighted by Crippen LogP contribution is -2.51. The van der Waals surface area contributed by atoms with Crippen molar-refractivity contribution in [3.63, 3.8) is 0 Å². The van der Waals surface area contributed by atoms with Gasteiger partial charge in [-0.1, -0.05) is 23.2 Å². The van der Waals surface area contributed by atoms with Crippen molar-refractivity contribution in [1.29, 1.82) is 0 Å². The molecule has 2 heterocycles. The molecule has 2 aliphatic heterocycles. The van der Waals surface area contributed by atoms with Crippen LogP contribution in [0.2, 0.25) is 10.0 Å². The molecule has 0 bridgehead atoms. The average molecular weight is 344 g/mol. The van der Waals surface area contributed by atoms with Crippen molar-refractivity contribution in [3.05, 3.63) is 28.2 Å². The van der Waals surface area contributed by atoms with Gasteiger partial charge in [-0.2, -0.15) is 0 Å². The fraction of sp³-hybridized carbons (Fsp3) is 0.625. The van der Waals surface area contributed by atoms with Crippen LogP contribution in [0.3, 0.4) is 0 Å². The van der Waals surface area contributed by atoms with E-state index < -0.39 is 0 Å². The highest BCUT2D eigenvalue weighted by atomic mass is 35.5. The Morgan fingerprint density at radius 3 is 2.68 bits per heavy atom. The molecular formula is C16H23Cl2N3O. The Balaban J connectivity index is 1.38. The third-order valence-corrected chi connectivity index (χ3v) is 5.05. The number of halogens is 2. The molecule has 0 amide bonds. The molecule has 1 unspecified atom stereocenters. The van der Waals surface area contributed by atoms with Crippen molar-refractivity contribution >= 4 is 23.2 Å². The van der Waals surface area contributed by atoms with Gasteiger partial charge in [0.1, 0.15) is 12.4 Å². The molecule has 0 saturated carbocycles. The Hall–Kier alpha value is -0.520. The molecule has 22 heavy (non-hydrogen) atoms. The first-order chi connectivity index (χ1) is 10.7. The van der Waals surface area contributed by atoms with Crippen LogP contribution >= 0.6 is 23.2 Å². The minimum absolute atomic E-state index is 0.575. The Kier molecular flexibility index (Phi) is 5.83. The van der Waals surface area contributed by atoms with Crippen molar-refractivity contribution in [1.82, 2.24) is 15.1 Å². The number of nitrogens with one attached hydrogen (secondary N) is 1. The molecule has 0 aliphatic carbocycles. The van der Waals surface area contributed by atoms with E-state index in [2.05, 4.69) is 15.1 Å². The molecule has 2 saturated heterocycles. The van der Waals surface area contributed by atoms with Crippen LogP contribution in [-0.4, -0.2) is 68.3 Å². The third-order valence-electron chi connectivity index (χ3n) is 4.52. The molecule has 2 fully saturated rings. The topological polar surface area (TPSA) is 27.7 Å². The normalized spacial score (nSPS) is 23.8. The first kappa shape index (κ1) is 16.3. The van der Waals surface area contributed by atoms with E-state index in [1.165, 1.54) is 13.0 Å². The largest absolute Gasteiger partial charge is 0.491 e. The standard InChI is InChI=1S/C16H23Cl2N3O/c17-13-1-2-16(15(18)11-13)22-10-9-20-5-7-21(8-6-20)14-3-4-19-12-14/h1-2,11,14,19H,3-10,12H2. The molecule has 1 N–H and O–H groups in total. The maximum absolute atomic E-state index is 6.11. The highest BCUT2D eigenvalue weighted by Gasteiger charge is 2.25. The minimum atomic E-state index is 0.575. The summed E-state index contributed by atoms with van der Waals surface area (Å²) in [5.74, 6) is 0.710. The number of hydrogen-bond acceptors (Lipinski definition) is 4. The van der Waals surface area contributed by atoms with E-state index in [1.807, 2.05) is 6.07 Å². The monoisotopic (exact) mass is 343 g/mol. The average Bonchev–Trinajstić information content (AvgIpc) is 3.04. The van der Waals surface area contributed by atoms with Gasteiger partial charge in [0, 0.05) is 50.3 Å². The molecule has 1 atom stereocenters. The van der Waals surface area contributed by atoms with Gasteiger partial charge < -0.3 is 10.1 Å². The molecular weight excluding hydrogens is 321 g/mol. The molecule has 2 aliphatic rings. The summed E-state index contributed by atoms with van der Waals surface area (Å²) < 4.78 is 5.77. The van der Waals surface area contributed by atoms with Crippen LogP contribution in [0.5, 0.6) is 5.75 Å². The zero-order valence-electron chi connectivity index (χ0n) is 12.7. The molecule has 1 aromatic rings. The number of hydrogen-bond donors (Lipinski definition) is 1. The van der Waals surface area contributed by atoms with Crippen LogP contribution in [0, 0.1) is 0 Å². The second-order valence-electron chi connectivity index (χ2n) is 5.95. The number of piperazine rings is 1. The lowest BCUT2D eigenvalue weighted by molar-refractivity contribution is 0.0921. The van der Waals surface area contributed by atoms with E-state index in [1.54, 1.807) is 12.1 Å². The second-order valence-corrected chi connectivity index (χ2v) is 6.79. The van der Waals surface area contributed by atoms with Crippen molar-refractivity contribution in [2.45, 2.75) is 12.5 Å². The Morgan fingerprint density at radius 2 is 2.00 bits per heavy atom. The van der Waals surface area contributed by atoms with Crippen molar-refractivity contribution < 1.29 is 4.74 Å². The van der Waals surface area contributed by atoms with Gasteiger partial charge in [0.15, 0.2) is 0 Å². The summed E-state index contributed by atoms with van der Waals surface area (Å²) in [6.45, 7) is 8.48. The molecule has 1 aromatic carbocycles. The Morgan fingerprint density at radius 1 is 1.18 bits per heavy atom. The molecule has 6 heteroatoms. The van der Waals surface area contributed by atoms with Crippen LogP contribution in [0.25, 0.3) is 0 Å². The number of nitrogens with zero attached hydrogens (tertiary/aromatic N) is 2. The summed E-state index contributed by atoms with van der Waals surface area (Å²) in [4.78, 5) is 5.08. The van der Waals surface area contributed by atoms with Gasteiger partial charge in [0.2, 0.25) is 0 Å². The van der Waals surface area contributed by atoms with Crippen LogP contribution < -0.4 is 10.1 Å². The lowest BCUT2D eigenvalue weighted by Gasteiger charge is -2.37. The van der Waals surface area contributed by atoms with Gasteiger partial charge in [0.05, 0.1) is 5.02 Å². The van der Waals surface area contributed by atoms with Crippen molar-refractivity contribution in [2.75, 3.05) is 52.4 Å². The van der Waals surface area contributed by atoms with Crippen LogP contribution in [0.4, 0.5) is 0 Å². The predicted octanol–water partition coefficient (Wildman–Crippen LogP) is 2.35. The molecule has 3 rings (SSSR count). The maximum atomic E-state index is 6.11. The van der Waals surface area contributed by atoms with Crippen LogP contribution in [-0.2, 0) is 0 Å². The van der Waals surface area contributed by atoms with Gasteiger partial charge in [-0.3, -0.25) is 9.80 Å². The van der Waals surface area contributed by atoms with Gasteiger partial charge in [-0.05, 0) is 31.2 Å². The van der Waals surface area contributed by atoms with Gasteiger partial charge in [-0.15, -0.1) is 0 Å². The van der Waals surface area contributed by atoms with E-state index >= 15 is 0 Å². The molecule has 0 radical (unpaired) electrons. The summed E-state index contributed by atoms with van der Waals surface area (Å²) in [6.07, 6.45) is 1.29. The number of benzene rings is 1. The van der Waals surface area contributed by atoms with E-state index in [0.29, 0.717) is 22.4 Å². The fourth-order valence-corrected chi connectivity index (χ4v) is 3.64. The summed E-state index contributed by atoms with van der Waals surface area (Å²) >= 11 is 12.0. The molecule has 4 nitrogen and oxygen atoms in total. The minimum Gasteiger partial charge on any atom is -0.491 e. The van der Waals surface area contributed by atoms with Gasteiger partial charge >= 0.3 is 0 Å². The molecule has 122 valence electrons. The Labute approximate surface area is 142 Å². The van der Waals surface area contributed by atoms with E-state index in [4.69, 9.17) is 27.9 Å². The molecule has 0 aromatic heterocycles. The van der Waals surface area contributed by atoms with E-state index in [9.17, 15) is 0 Å².